The molecule has 0 heterocycles. The first-order chi connectivity index (χ1) is 17.4. The number of nitrogens with one attached hydrogen (secondary N) is 3. The van der Waals surface area contributed by atoms with Gasteiger partial charge in [-0.25, -0.2) is 4.79 Å². The Kier molecular flexibility index (Phi) is 18.2. The van der Waals surface area contributed by atoms with Crippen molar-refractivity contribution in [2.24, 2.45) is 33.8 Å². The van der Waals surface area contributed by atoms with Crippen LogP contribution in [-0.4, -0.2) is 84.0 Å². The summed E-state index contributed by atoms with van der Waals surface area (Å²) < 4.78 is 0. The van der Waals surface area contributed by atoms with E-state index in [1.54, 1.807) is 11.8 Å². The largest absolute Gasteiger partial charge is 0.480 e. The van der Waals surface area contributed by atoms with E-state index in [0.717, 1.165) is 0 Å². The van der Waals surface area contributed by atoms with Crippen LogP contribution in [0.5, 0.6) is 0 Å². The summed E-state index contributed by atoms with van der Waals surface area (Å²) in [4.78, 5) is 54.3. The average molecular weight is 547 g/mol. The molecule has 4 unspecified atom stereocenters. The van der Waals surface area contributed by atoms with E-state index >= 15 is 0 Å². The number of aliphatic imine (C=N–C) groups is 1. The molecular formula is C23H46N8O5S. The molecule has 0 fully saturated rings. The van der Waals surface area contributed by atoms with Crippen LogP contribution in [0.1, 0.15) is 58.8 Å². The van der Waals surface area contributed by atoms with Gasteiger partial charge in [0.1, 0.15) is 18.1 Å². The molecule has 0 aromatic heterocycles. The van der Waals surface area contributed by atoms with Crippen LogP contribution in [0, 0.1) is 5.92 Å². The predicted octanol–water partition coefficient (Wildman–Crippen LogP) is -1.17. The van der Waals surface area contributed by atoms with E-state index in [1.807, 2.05) is 20.1 Å². The molecule has 0 aliphatic carbocycles. The third-order valence-electron chi connectivity index (χ3n) is 5.45. The lowest BCUT2D eigenvalue weighted by atomic mass is 10.0. The summed E-state index contributed by atoms with van der Waals surface area (Å²) in [6, 6.07) is -3.87. The molecule has 4 atom stereocenters. The first kappa shape index (κ1) is 34.4. The molecule has 0 rings (SSSR count). The molecule has 0 saturated carbocycles. The van der Waals surface area contributed by atoms with Crippen LogP contribution in [0.4, 0.5) is 0 Å². The van der Waals surface area contributed by atoms with Crippen LogP contribution in [-0.2, 0) is 19.2 Å². The second kappa shape index (κ2) is 19.5. The van der Waals surface area contributed by atoms with Crippen molar-refractivity contribution >= 4 is 41.4 Å². The second-order valence-electron chi connectivity index (χ2n) is 9.27. The van der Waals surface area contributed by atoms with Gasteiger partial charge in [-0.15, -0.1) is 0 Å². The van der Waals surface area contributed by atoms with Gasteiger partial charge in [-0.2, -0.15) is 11.8 Å². The zero-order chi connectivity index (χ0) is 28.4. The molecule has 0 aliphatic heterocycles. The molecule has 0 spiro atoms. The number of carbonyl (C=O) groups is 4. The fourth-order valence-corrected chi connectivity index (χ4v) is 3.91. The number of rotatable bonds is 20. The highest BCUT2D eigenvalue weighted by Gasteiger charge is 2.30. The van der Waals surface area contributed by atoms with Gasteiger partial charge >= 0.3 is 5.97 Å². The molecule has 37 heavy (non-hydrogen) atoms. The van der Waals surface area contributed by atoms with Crippen molar-refractivity contribution in [1.82, 2.24) is 16.0 Å². The van der Waals surface area contributed by atoms with Crippen LogP contribution in [0.15, 0.2) is 4.99 Å². The third-order valence-corrected chi connectivity index (χ3v) is 6.09. The number of hydrogen-bond acceptors (Lipinski definition) is 8. The van der Waals surface area contributed by atoms with Crippen LogP contribution in [0.25, 0.3) is 0 Å². The summed E-state index contributed by atoms with van der Waals surface area (Å²) >= 11 is 1.56. The second-order valence-corrected chi connectivity index (χ2v) is 10.3. The molecular weight excluding hydrogens is 500 g/mol. The monoisotopic (exact) mass is 546 g/mol. The van der Waals surface area contributed by atoms with Gasteiger partial charge in [-0.1, -0.05) is 13.8 Å². The van der Waals surface area contributed by atoms with Gasteiger partial charge in [-0.3, -0.25) is 19.4 Å². The Hall–Kier alpha value is -2.58. The Morgan fingerprint density at radius 3 is 1.97 bits per heavy atom. The van der Waals surface area contributed by atoms with Crippen LogP contribution in [0.2, 0.25) is 0 Å². The molecule has 0 aliphatic rings. The molecule has 0 aromatic carbocycles. The lowest BCUT2D eigenvalue weighted by molar-refractivity contribution is -0.142. The topological polar surface area (TPSA) is 241 Å². The lowest BCUT2D eigenvalue weighted by Gasteiger charge is -2.26. The summed E-state index contributed by atoms with van der Waals surface area (Å²) in [6.45, 7) is 4.43. The van der Waals surface area contributed by atoms with Crippen molar-refractivity contribution in [3.8, 4) is 0 Å². The third kappa shape index (κ3) is 16.0. The van der Waals surface area contributed by atoms with Crippen LogP contribution >= 0.6 is 11.8 Å². The number of nitrogens with two attached hydrogens (primary N) is 4. The van der Waals surface area contributed by atoms with Crippen molar-refractivity contribution in [3.05, 3.63) is 0 Å². The molecule has 0 saturated heterocycles. The maximum absolute atomic E-state index is 13.2. The molecule has 14 heteroatoms. The summed E-state index contributed by atoms with van der Waals surface area (Å²) in [5.74, 6) is -2.18. The Balaban J connectivity index is 5.57. The van der Waals surface area contributed by atoms with Crippen molar-refractivity contribution in [2.75, 3.05) is 25.1 Å². The van der Waals surface area contributed by atoms with Gasteiger partial charge < -0.3 is 44.0 Å². The molecule has 13 nitrogen and oxygen atoms in total. The molecule has 12 N–H and O–H groups in total. The number of nitrogens with zero attached hydrogens (tertiary/aromatic N) is 1. The van der Waals surface area contributed by atoms with E-state index < -0.39 is 47.9 Å². The molecule has 214 valence electrons. The van der Waals surface area contributed by atoms with E-state index in [1.165, 1.54) is 0 Å². The van der Waals surface area contributed by atoms with Crippen molar-refractivity contribution < 1.29 is 24.3 Å². The highest BCUT2D eigenvalue weighted by molar-refractivity contribution is 7.98. The Morgan fingerprint density at radius 2 is 1.43 bits per heavy atom. The van der Waals surface area contributed by atoms with Crippen molar-refractivity contribution in [2.45, 2.75) is 83.0 Å². The van der Waals surface area contributed by atoms with Gasteiger partial charge in [0.05, 0.1) is 6.04 Å². The quantitative estimate of drug-likeness (QED) is 0.0517. The SMILES string of the molecule is CSCCC(N)C(=O)NC(CC(C)C)C(=O)NC(CCCN=C(N)N)C(=O)NC(CCCCN)C(=O)O. The Bertz CT molecular complexity index is 749. The number of carbonyl (C=O) groups excluding carboxylic acids is 3. The zero-order valence-electron chi connectivity index (χ0n) is 22.2. The fourth-order valence-electron chi connectivity index (χ4n) is 3.42. The molecule has 3 amide bonds. The summed E-state index contributed by atoms with van der Waals surface area (Å²) in [6.07, 6.45) is 4.53. The van der Waals surface area contributed by atoms with Gasteiger partial charge in [0.2, 0.25) is 17.7 Å². The number of guanidine groups is 1. The van der Waals surface area contributed by atoms with Gasteiger partial charge in [0, 0.05) is 6.54 Å². The van der Waals surface area contributed by atoms with Crippen LogP contribution in [0.3, 0.4) is 0 Å². The van der Waals surface area contributed by atoms with E-state index in [2.05, 4.69) is 20.9 Å². The Labute approximate surface area is 223 Å². The number of unbranched alkanes of at least 4 members (excludes halogenated alkanes) is 1. The highest BCUT2D eigenvalue weighted by Crippen LogP contribution is 2.09. The number of aliphatic carboxylic acids is 1. The lowest BCUT2D eigenvalue weighted by Crippen LogP contribution is -2.57. The Morgan fingerprint density at radius 1 is 0.865 bits per heavy atom. The normalized spacial score (nSPS) is 14.2. The number of carboxylic acid groups (broad SMARTS) is 1. The maximum atomic E-state index is 13.2. The smallest absolute Gasteiger partial charge is 0.326 e. The van der Waals surface area contributed by atoms with Crippen molar-refractivity contribution in [1.29, 1.82) is 0 Å². The standard InChI is InChI=1S/C23H46N8O5S/c1-14(2)13-18(31-19(32)15(25)9-12-37-3)21(34)29-16(8-6-11-28-23(26)27)20(33)30-17(22(35)36)7-4-5-10-24/h14-18H,4-13,24-25H2,1-3H3,(H,29,34)(H,30,33)(H,31,32)(H,35,36)(H4,26,27,28). The van der Waals surface area contributed by atoms with Gasteiger partial charge in [0.15, 0.2) is 5.96 Å². The van der Waals surface area contributed by atoms with E-state index in [9.17, 15) is 24.3 Å². The summed E-state index contributed by atoms with van der Waals surface area (Å²) in [7, 11) is 0. The minimum atomic E-state index is -1.18. The summed E-state index contributed by atoms with van der Waals surface area (Å²) in [5.41, 5.74) is 22.1. The first-order valence-corrected chi connectivity index (χ1v) is 14.0. The number of hydrogen-bond donors (Lipinski definition) is 8. The average Bonchev–Trinajstić information content (AvgIpc) is 2.82. The first-order valence-electron chi connectivity index (χ1n) is 12.6. The van der Waals surface area contributed by atoms with Crippen LogP contribution < -0.4 is 38.9 Å². The molecule has 0 radical (unpaired) electrons. The number of amides is 3. The van der Waals surface area contributed by atoms with Gasteiger partial charge in [0.25, 0.3) is 0 Å². The van der Waals surface area contributed by atoms with E-state index in [0.29, 0.717) is 44.4 Å². The highest BCUT2D eigenvalue weighted by atomic mass is 32.2. The summed E-state index contributed by atoms with van der Waals surface area (Å²) in [5, 5.41) is 17.4. The minimum absolute atomic E-state index is 0.0616. The van der Waals surface area contributed by atoms with Gasteiger partial charge in [-0.05, 0) is 69.4 Å². The minimum Gasteiger partial charge on any atom is -0.480 e. The van der Waals surface area contributed by atoms with Crippen molar-refractivity contribution in [3.63, 3.8) is 0 Å². The maximum Gasteiger partial charge on any atom is 0.326 e. The molecule has 0 aromatic rings. The van der Waals surface area contributed by atoms with E-state index in [4.69, 9.17) is 22.9 Å². The van der Waals surface area contributed by atoms with E-state index in [-0.39, 0.29) is 31.3 Å². The number of carboxylic acids is 1. The molecule has 0 bridgehead atoms. The predicted molar refractivity (Wildman–Crippen MR) is 147 cm³/mol. The number of thioether (sulfide) groups is 1. The fraction of sp³-hybridized carbons (Fsp3) is 0.783. The zero-order valence-corrected chi connectivity index (χ0v) is 23.0.